The zero-order valence-electron chi connectivity index (χ0n) is 19.6. The molecule has 33 heavy (non-hydrogen) atoms. The molecular formula is C25H31NO7. The van der Waals surface area contributed by atoms with Crippen LogP contribution in [0.15, 0.2) is 34.7 Å². The lowest BCUT2D eigenvalue weighted by Gasteiger charge is -2.35. The van der Waals surface area contributed by atoms with Gasteiger partial charge in [-0.1, -0.05) is 0 Å². The summed E-state index contributed by atoms with van der Waals surface area (Å²) in [5, 5.41) is 3.31. The van der Waals surface area contributed by atoms with Crippen LogP contribution in [0.3, 0.4) is 0 Å². The lowest BCUT2D eigenvalue weighted by molar-refractivity contribution is -0.142. The molecule has 1 aromatic carbocycles. The highest BCUT2D eigenvalue weighted by Crippen LogP contribution is 2.48. The van der Waals surface area contributed by atoms with Crippen molar-refractivity contribution in [3.63, 3.8) is 0 Å². The van der Waals surface area contributed by atoms with Crippen LogP contribution in [-0.4, -0.2) is 52.4 Å². The van der Waals surface area contributed by atoms with Crippen molar-refractivity contribution in [3.05, 3.63) is 40.2 Å². The van der Waals surface area contributed by atoms with Gasteiger partial charge in [0.25, 0.3) is 0 Å². The Morgan fingerprint density at radius 3 is 2.45 bits per heavy atom. The molecule has 0 saturated carbocycles. The third kappa shape index (κ3) is 4.44. The third-order valence-electron chi connectivity index (χ3n) is 6.47. The summed E-state index contributed by atoms with van der Waals surface area (Å²) in [7, 11) is 4.64. The van der Waals surface area contributed by atoms with Gasteiger partial charge in [0, 0.05) is 41.6 Å². The standard InChI is InChI=1S/C25H31NO7/c1-14-22(25(28)33-13-15-7-6-10-32-15)23(24-17(26-14)8-5-9-18(24)27)16-11-20(30-3)21(31-4)12-19(16)29-2/h11-12,15,23,26H,5-10,13H2,1-4H3/t15-,23+/m0/s1. The van der Waals surface area contributed by atoms with Crippen LogP contribution in [0.25, 0.3) is 0 Å². The second-order valence-corrected chi connectivity index (χ2v) is 8.45. The number of benzene rings is 1. The van der Waals surface area contributed by atoms with Gasteiger partial charge in [-0.05, 0) is 38.7 Å². The molecule has 1 N–H and O–H groups in total. The van der Waals surface area contributed by atoms with Gasteiger partial charge < -0.3 is 29.0 Å². The first-order valence-corrected chi connectivity index (χ1v) is 11.3. The second-order valence-electron chi connectivity index (χ2n) is 8.45. The molecule has 0 unspecified atom stereocenters. The van der Waals surface area contributed by atoms with Crippen LogP contribution in [-0.2, 0) is 19.1 Å². The molecule has 178 valence electrons. The predicted molar refractivity (Wildman–Crippen MR) is 120 cm³/mol. The molecule has 0 aromatic heterocycles. The van der Waals surface area contributed by atoms with E-state index in [0.29, 0.717) is 52.7 Å². The van der Waals surface area contributed by atoms with E-state index >= 15 is 0 Å². The average molecular weight is 458 g/mol. The Balaban J connectivity index is 1.80. The van der Waals surface area contributed by atoms with E-state index in [9.17, 15) is 9.59 Å². The molecule has 1 fully saturated rings. The van der Waals surface area contributed by atoms with E-state index in [1.54, 1.807) is 33.5 Å². The van der Waals surface area contributed by atoms with Crippen LogP contribution < -0.4 is 19.5 Å². The molecule has 0 amide bonds. The first-order chi connectivity index (χ1) is 16.0. The number of carbonyl (C=O) groups is 2. The predicted octanol–water partition coefficient (Wildman–Crippen LogP) is 3.40. The maximum absolute atomic E-state index is 13.4. The molecular weight excluding hydrogens is 426 g/mol. The van der Waals surface area contributed by atoms with Gasteiger partial charge in [0.1, 0.15) is 12.4 Å². The maximum atomic E-state index is 13.4. The maximum Gasteiger partial charge on any atom is 0.336 e. The van der Waals surface area contributed by atoms with Crippen LogP contribution in [0.2, 0.25) is 0 Å². The Labute approximate surface area is 193 Å². The van der Waals surface area contributed by atoms with E-state index in [4.69, 9.17) is 23.7 Å². The quantitative estimate of drug-likeness (QED) is 0.623. The Morgan fingerprint density at radius 1 is 1.06 bits per heavy atom. The van der Waals surface area contributed by atoms with Crippen molar-refractivity contribution in [2.75, 3.05) is 34.5 Å². The summed E-state index contributed by atoms with van der Waals surface area (Å²) in [6.07, 6.45) is 3.68. The highest BCUT2D eigenvalue weighted by molar-refractivity contribution is 6.04. The summed E-state index contributed by atoms with van der Waals surface area (Å²) in [6.45, 7) is 2.71. The number of dihydropyridines is 1. The summed E-state index contributed by atoms with van der Waals surface area (Å²) in [4.78, 5) is 26.5. The summed E-state index contributed by atoms with van der Waals surface area (Å²) >= 11 is 0. The van der Waals surface area contributed by atoms with Crippen LogP contribution in [0, 0.1) is 0 Å². The Hall–Kier alpha value is -3.00. The molecule has 8 nitrogen and oxygen atoms in total. The molecule has 2 heterocycles. The first kappa shape index (κ1) is 23.2. The van der Waals surface area contributed by atoms with E-state index in [-0.39, 0.29) is 18.5 Å². The van der Waals surface area contributed by atoms with E-state index in [2.05, 4.69) is 5.32 Å². The Morgan fingerprint density at radius 2 is 1.79 bits per heavy atom. The number of carbonyl (C=O) groups excluding carboxylic acids is 2. The van der Waals surface area contributed by atoms with Gasteiger partial charge in [0.2, 0.25) is 0 Å². The third-order valence-corrected chi connectivity index (χ3v) is 6.47. The van der Waals surface area contributed by atoms with Gasteiger partial charge in [-0.2, -0.15) is 0 Å². The Kier molecular flexibility index (Phi) is 6.93. The molecule has 3 aliphatic rings. The van der Waals surface area contributed by atoms with Gasteiger partial charge in [0.15, 0.2) is 17.3 Å². The lowest BCUT2D eigenvalue weighted by atomic mass is 9.75. The number of allylic oxidation sites excluding steroid dienone is 3. The fraction of sp³-hybridized carbons (Fsp3) is 0.520. The molecule has 0 radical (unpaired) electrons. The number of ether oxygens (including phenoxy) is 5. The lowest BCUT2D eigenvalue weighted by Crippen LogP contribution is -2.35. The van der Waals surface area contributed by atoms with Crippen molar-refractivity contribution in [1.82, 2.24) is 5.32 Å². The number of hydrogen-bond donors (Lipinski definition) is 1. The van der Waals surface area contributed by atoms with Crippen molar-refractivity contribution in [3.8, 4) is 17.2 Å². The van der Waals surface area contributed by atoms with Crippen molar-refractivity contribution in [2.45, 2.75) is 51.0 Å². The van der Waals surface area contributed by atoms with E-state index in [1.807, 2.05) is 6.92 Å². The molecule has 0 bridgehead atoms. The fourth-order valence-electron chi connectivity index (χ4n) is 4.87. The van der Waals surface area contributed by atoms with Gasteiger partial charge in [0.05, 0.1) is 38.9 Å². The number of rotatable bonds is 7. The molecule has 1 saturated heterocycles. The van der Waals surface area contributed by atoms with E-state index < -0.39 is 11.9 Å². The summed E-state index contributed by atoms with van der Waals surface area (Å²) in [5.41, 5.74) is 3.15. The highest BCUT2D eigenvalue weighted by Gasteiger charge is 2.41. The molecule has 2 atom stereocenters. The van der Waals surface area contributed by atoms with Gasteiger partial charge >= 0.3 is 5.97 Å². The van der Waals surface area contributed by atoms with Gasteiger partial charge in [-0.25, -0.2) is 4.79 Å². The number of nitrogens with one attached hydrogen (secondary N) is 1. The Bertz CT molecular complexity index is 1000. The minimum absolute atomic E-state index is 0.0162. The molecule has 2 aliphatic heterocycles. The van der Waals surface area contributed by atoms with E-state index in [1.165, 1.54) is 0 Å². The van der Waals surface area contributed by atoms with Crippen molar-refractivity contribution in [1.29, 1.82) is 0 Å². The van der Waals surface area contributed by atoms with Gasteiger partial charge in [-0.15, -0.1) is 0 Å². The smallest absolute Gasteiger partial charge is 0.336 e. The molecule has 0 spiro atoms. The number of hydrogen-bond acceptors (Lipinski definition) is 8. The first-order valence-electron chi connectivity index (χ1n) is 11.3. The SMILES string of the molecule is COc1cc(OC)c([C@@H]2C(C(=O)OC[C@@H]3CCCO3)=C(C)NC3=C2C(=O)CCC3)cc1OC. The monoisotopic (exact) mass is 457 g/mol. The molecule has 1 aromatic rings. The van der Waals surface area contributed by atoms with Crippen molar-refractivity contribution < 1.29 is 33.3 Å². The normalized spacial score (nSPS) is 22.6. The molecule has 4 rings (SSSR count). The molecule has 1 aliphatic carbocycles. The number of ketones is 1. The second kappa shape index (κ2) is 9.87. The zero-order valence-corrected chi connectivity index (χ0v) is 19.6. The topological polar surface area (TPSA) is 92.3 Å². The fourth-order valence-corrected chi connectivity index (χ4v) is 4.87. The summed E-state index contributed by atoms with van der Waals surface area (Å²) in [6, 6.07) is 3.50. The number of esters is 1. The minimum atomic E-state index is -0.638. The highest BCUT2D eigenvalue weighted by atomic mass is 16.6. The number of methoxy groups -OCH3 is 3. The van der Waals surface area contributed by atoms with Crippen LogP contribution in [0.5, 0.6) is 17.2 Å². The molecule has 8 heteroatoms. The van der Waals surface area contributed by atoms with Gasteiger partial charge in [-0.3, -0.25) is 4.79 Å². The summed E-state index contributed by atoms with van der Waals surface area (Å²) in [5.74, 6) is 0.397. The summed E-state index contributed by atoms with van der Waals surface area (Å²) < 4.78 is 27.9. The van der Waals surface area contributed by atoms with Crippen molar-refractivity contribution in [2.24, 2.45) is 0 Å². The van der Waals surface area contributed by atoms with Crippen LogP contribution >= 0.6 is 0 Å². The van der Waals surface area contributed by atoms with E-state index in [0.717, 1.165) is 31.4 Å². The van der Waals surface area contributed by atoms with Crippen LogP contribution in [0.4, 0.5) is 0 Å². The zero-order chi connectivity index (χ0) is 23.5. The number of Topliss-reactive ketones (excluding diaryl/α,β-unsaturated/α-hetero) is 1. The van der Waals surface area contributed by atoms with Crippen LogP contribution in [0.1, 0.15) is 50.5 Å². The van der Waals surface area contributed by atoms with Crippen molar-refractivity contribution >= 4 is 11.8 Å². The largest absolute Gasteiger partial charge is 0.496 e. The minimum Gasteiger partial charge on any atom is -0.496 e. The average Bonchev–Trinajstić information content (AvgIpc) is 3.34.